The number of ether oxygens (including phenoxy) is 2. The largest absolute Gasteiger partial charge is 0.504 e. The number of nitrogens with one attached hydrogen (secondary N) is 2. The lowest BCUT2D eigenvalue weighted by atomic mass is 9.77. The van der Waals surface area contributed by atoms with E-state index >= 15 is 4.79 Å². The SMILES string of the molecule is CC(C)(C)OC(=O)C1(O/N=C(\C(=O)NC2c3cc(O)c(O)cc3CCN2CC2C(=O)N3C(C(=O)OC(c4ccccc4)c4ccccc4)=CCSC23)c2csc(NC(c3ccccc3)(c3ccccc3)c3ccccc3)n2)CC1. The highest BCUT2D eigenvalue weighted by Gasteiger charge is 2.57. The van der Waals surface area contributed by atoms with Crippen molar-refractivity contribution in [1.82, 2.24) is 20.1 Å². The van der Waals surface area contributed by atoms with Gasteiger partial charge in [0.25, 0.3) is 5.91 Å². The van der Waals surface area contributed by atoms with E-state index < -0.39 is 63.9 Å². The Bertz CT molecular complexity index is 3310. The molecule has 3 aliphatic heterocycles. The second-order valence-electron chi connectivity index (χ2n) is 20.9. The molecule has 0 bridgehead atoms. The molecule has 2 amide bonds. The van der Waals surface area contributed by atoms with Crippen molar-refractivity contribution in [1.29, 1.82) is 0 Å². The number of carbonyl (C=O) groups is 4. The monoisotopic (exact) mass is 1090 g/mol. The lowest BCUT2D eigenvalue weighted by Gasteiger charge is -2.51. The molecule has 1 aliphatic carbocycles. The number of thioether (sulfide) groups is 1. The lowest BCUT2D eigenvalue weighted by Crippen LogP contribution is -2.64. The number of fused-ring (bicyclic) bond motifs is 2. The van der Waals surface area contributed by atoms with Crippen LogP contribution in [0.2, 0.25) is 0 Å². The van der Waals surface area contributed by atoms with Crippen molar-refractivity contribution in [3.63, 3.8) is 0 Å². The fourth-order valence-corrected chi connectivity index (χ4v) is 12.4. The average molecular weight is 1100 g/mol. The Morgan fingerprint density at radius 3 is 1.91 bits per heavy atom. The maximum absolute atomic E-state index is 15.3. The fourth-order valence-electron chi connectivity index (χ4n) is 10.4. The van der Waals surface area contributed by atoms with E-state index in [2.05, 4.69) is 15.8 Å². The zero-order valence-corrected chi connectivity index (χ0v) is 45.3. The molecule has 3 atom stereocenters. The number of benzene rings is 6. The molecule has 1 aromatic heterocycles. The van der Waals surface area contributed by atoms with E-state index in [0.29, 0.717) is 47.8 Å². The first-order chi connectivity index (χ1) is 38.2. The number of aromatic nitrogens is 1. The summed E-state index contributed by atoms with van der Waals surface area (Å²) in [7, 11) is 0. The van der Waals surface area contributed by atoms with E-state index in [4.69, 9.17) is 19.3 Å². The number of carbonyl (C=O) groups excluding carboxylic acids is 4. The van der Waals surface area contributed by atoms with Crippen LogP contribution >= 0.6 is 23.1 Å². The Labute approximate surface area is 465 Å². The quantitative estimate of drug-likeness (QED) is 0.0168. The summed E-state index contributed by atoms with van der Waals surface area (Å²) in [6.45, 7) is 5.77. The highest BCUT2D eigenvalue weighted by molar-refractivity contribution is 8.00. The highest BCUT2D eigenvalue weighted by atomic mass is 32.2. The molecule has 3 unspecified atom stereocenters. The van der Waals surface area contributed by atoms with Gasteiger partial charge in [-0.2, -0.15) is 0 Å². The number of phenolic OH excluding ortho intramolecular Hbond substituents is 2. The van der Waals surface area contributed by atoms with E-state index in [-0.39, 0.29) is 35.3 Å². The molecule has 6 aromatic carbocycles. The third-order valence-corrected chi connectivity index (χ3v) is 16.5. The van der Waals surface area contributed by atoms with Crippen LogP contribution in [0.3, 0.4) is 0 Å². The van der Waals surface area contributed by atoms with Crippen molar-refractivity contribution in [2.45, 2.75) is 74.4 Å². The molecule has 0 spiro atoms. The van der Waals surface area contributed by atoms with Crippen molar-refractivity contribution < 1.29 is 43.7 Å². The van der Waals surface area contributed by atoms with Crippen LogP contribution < -0.4 is 10.6 Å². The number of esters is 2. The Balaban J connectivity index is 0.904. The van der Waals surface area contributed by atoms with Crippen molar-refractivity contribution in [2.24, 2.45) is 11.1 Å². The van der Waals surface area contributed by atoms with E-state index in [1.807, 2.05) is 157 Å². The van der Waals surface area contributed by atoms with Crippen LogP contribution in [0, 0.1) is 5.92 Å². The van der Waals surface area contributed by atoms with E-state index in [0.717, 1.165) is 27.8 Å². The third kappa shape index (κ3) is 10.7. The van der Waals surface area contributed by atoms with Crippen LogP contribution in [0.25, 0.3) is 0 Å². The first-order valence-corrected chi connectivity index (χ1v) is 28.1. The van der Waals surface area contributed by atoms with Gasteiger partial charge in [-0.1, -0.05) is 157 Å². The maximum atomic E-state index is 15.3. The van der Waals surface area contributed by atoms with Gasteiger partial charge in [-0.3, -0.25) is 19.4 Å². The van der Waals surface area contributed by atoms with Crippen LogP contribution in [-0.4, -0.2) is 89.9 Å². The molecule has 0 radical (unpaired) electrons. The molecule has 4 heterocycles. The number of rotatable bonds is 17. The topological polar surface area (TPSA) is 192 Å². The minimum Gasteiger partial charge on any atom is -0.504 e. The predicted molar refractivity (Wildman–Crippen MR) is 302 cm³/mol. The van der Waals surface area contributed by atoms with Gasteiger partial charge in [-0.15, -0.1) is 23.1 Å². The molecule has 15 nitrogen and oxygen atoms in total. The van der Waals surface area contributed by atoms with Gasteiger partial charge in [0.15, 0.2) is 28.4 Å². The van der Waals surface area contributed by atoms with Crippen LogP contribution in [0.5, 0.6) is 11.5 Å². The Kier molecular flexibility index (Phi) is 14.6. The Hall–Kier alpha value is -8.25. The first kappa shape index (κ1) is 52.8. The number of aromatic hydroxyl groups is 2. The summed E-state index contributed by atoms with van der Waals surface area (Å²) in [5, 5.41) is 34.8. The summed E-state index contributed by atoms with van der Waals surface area (Å²) < 4.78 is 12.0. The molecule has 1 saturated carbocycles. The number of hydrogen-bond acceptors (Lipinski definition) is 15. The summed E-state index contributed by atoms with van der Waals surface area (Å²) >= 11 is 2.78. The number of nitrogens with zero attached hydrogens (tertiary/aromatic N) is 4. The minimum absolute atomic E-state index is 0.139. The minimum atomic E-state index is -1.43. The molecule has 402 valence electrons. The number of oxime groups is 1. The van der Waals surface area contributed by atoms with Crippen LogP contribution in [0.4, 0.5) is 5.13 Å². The van der Waals surface area contributed by atoms with Gasteiger partial charge in [-0.05, 0) is 84.3 Å². The lowest BCUT2D eigenvalue weighted by molar-refractivity contribution is -0.172. The zero-order chi connectivity index (χ0) is 54.9. The maximum Gasteiger partial charge on any atom is 0.355 e. The van der Waals surface area contributed by atoms with Crippen molar-refractivity contribution in [2.75, 3.05) is 24.2 Å². The number of thiazole rings is 1. The van der Waals surface area contributed by atoms with Gasteiger partial charge in [0.2, 0.25) is 11.5 Å². The normalized spacial score (nSPS) is 18.8. The van der Waals surface area contributed by atoms with Gasteiger partial charge in [0.05, 0.1) is 11.3 Å². The predicted octanol–water partition coefficient (Wildman–Crippen LogP) is 9.97. The van der Waals surface area contributed by atoms with E-state index in [1.165, 1.54) is 40.1 Å². The van der Waals surface area contributed by atoms with Crippen LogP contribution in [0.15, 0.2) is 186 Å². The molecule has 17 heteroatoms. The summed E-state index contributed by atoms with van der Waals surface area (Å²) in [5.74, 6) is -3.13. The number of β-lactam (4-membered cyclic amide) rings is 1. The van der Waals surface area contributed by atoms with Crippen molar-refractivity contribution >= 4 is 57.7 Å². The summed E-state index contributed by atoms with van der Waals surface area (Å²) in [4.78, 5) is 72.2. The zero-order valence-electron chi connectivity index (χ0n) is 43.7. The number of anilines is 1. The van der Waals surface area contributed by atoms with Gasteiger partial charge >= 0.3 is 11.9 Å². The molecule has 79 heavy (non-hydrogen) atoms. The Morgan fingerprint density at radius 2 is 1.35 bits per heavy atom. The molecule has 2 fully saturated rings. The summed E-state index contributed by atoms with van der Waals surface area (Å²) in [5.41, 5.74) is 2.38. The van der Waals surface area contributed by atoms with Gasteiger partial charge in [0.1, 0.15) is 28.7 Å². The third-order valence-electron chi connectivity index (χ3n) is 14.5. The second kappa shape index (κ2) is 21.9. The van der Waals surface area contributed by atoms with Crippen LogP contribution in [0.1, 0.15) is 90.5 Å². The highest BCUT2D eigenvalue weighted by Crippen LogP contribution is 2.46. The molecule has 7 aromatic rings. The van der Waals surface area contributed by atoms with Crippen molar-refractivity contribution in [3.8, 4) is 11.5 Å². The number of phenols is 2. The summed E-state index contributed by atoms with van der Waals surface area (Å²) in [6, 6.07) is 51.8. The van der Waals surface area contributed by atoms with Gasteiger partial charge < -0.3 is 35.2 Å². The molecular formula is C62H58N6O9S2. The molecule has 4 N–H and O–H groups in total. The molecular weight excluding hydrogens is 1040 g/mol. The first-order valence-electron chi connectivity index (χ1n) is 26.2. The fraction of sp³-hybridized carbons (Fsp3) is 0.258. The van der Waals surface area contributed by atoms with Gasteiger partial charge in [0, 0.05) is 37.1 Å². The standard InChI is InChI=1S/C62H58N6O9S2/c1-60(2,3)76-58(74)61(31-32-61)77-66-51(47-38-79-59(63-47)65-62(42-23-13-6-14-24-42,43-25-15-7-16-26-43)44-27-17-8-18-28-44)54(71)64-53-45-36-50(70)49(69)35-41(45)29-33-67(53)37-46-55(72)68-48(30-34-78-56(46)68)57(73)75-52(39-19-9-4-10-20-39)40-21-11-5-12-22-40/h4-28,30,35-36,38,46,52-53,56,69-70H,29,31-34,37H2,1-3H3,(H,63,65)(H,64,71)/b66-51-. The van der Waals surface area contributed by atoms with Crippen molar-refractivity contribution in [3.05, 3.63) is 226 Å². The van der Waals surface area contributed by atoms with E-state index in [9.17, 15) is 24.6 Å². The second-order valence-corrected chi connectivity index (χ2v) is 22.9. The molecule has 11 rings (SSSR count). The molecule has 4 aliphatic rings. The number of hydrogen-bond donors (Lipinski definition) is 4. The molecule has 1 saturated heterocycles. The van der Waals surface area contributed by atoms with E-state index in [1.54, 1.807) is 32.2 Å². The smallest absolute Gasteiger partial charge is 0.355 e. The van der Waals surface area contributed by atoms with Gasteiger partial charge in [-0.25, -0.2) is 14.6 Å². The number of amides is 2. The Morgan fingerprint density at radius 1 is 0.797 bits per heavy atom. The summed E-state index contributed by atoms with van der Waals surface area (Å²) in [6.07, 6.45) is 1.05. The average Bonchev–Trinajstić information content (AvgIpc) is 4.19. The van der Waals surface area contributed by atoms with Crippen LogP contribution in [-0.2, 0) is 45.4 Å².